The highest BCUT2D eigenvalue weighted by molar-refractivity contribution is 5.88. The third-order valence-electron chi connectivity index (χ3n) is 2.03. The number of carboxylic acids is 1. The number of nitro groups is 1. The van der Waals surface area contributed by atoms with Gasteiger partial charge in [-0.1, -0.05) is 0 Å². The fourth-order valence-electron chi connectivity index (χ4n) is 1.12. The molecular weight excluding hydrogens is 230 g/mol. The quantitative estimate of drug-likeness (QED) is 0.478. The molecule has 0 spiro atoms. The number of nitro benzene ring substituents is 1. The van der Waals surface area contributed by atoms with Gasteiger partial charge >= 0.3 is 11.7 Å². The zero-order chi connectivity index (χ0) is 13.0. The standard InChI is InChI=1S/C10H11NO6/c1-6(16-2)17-9-5-7(10(12)13)3-4-8(9)11(14)15/h3-6H,1-2H3,(H,12,13). The predicted molar refractivity (Wildman–Crippen MR) is 57.2 cm³/mol. The minimum Gasteiger partial charge on any atom is -0.478 e. The SMILES string of the molecule is COC(C)Oc1cc(C(=O)O)ccc1[N+](=O)[O-]. The second kappa shape index (κ2) is 5.26. The minimum absolute atomic E-state index is 0.0890. The van der Waals surface area contributed by atoms with Crippen molar-refractivity contribution < 1.29 is 24.3 Å². The smallest absolute Gasteiger partial charge is 0.335 e. The molecule has 7 nitrogen and oxygen atoms in total. The molecule has 1 atom stereocenters. The maximum Gasteiger partial charge on any atom is 0.335 e. The summed E-state index contributed by atoms with van der Waals surface area (Å²) in [6, 6.07) is 3.32. The summed E-state index contributed by atoms with van der Waals surface area (Å²) in [7, 11) is 1.37. The third-order valence-corrected chi connectivity index (χ3v) is 2.03. The number of ether oxygens (including phenoxy) is 2. The Kier molecular flexibility index (Phi) is 4.00. The lowest BCUT2D eigenvalue weighted by atomic mass is 10.2. The Hall–Kier alpha value is -2.15. The maximum absolute atomic E-state index is 10.7. The van der Waals surface area contributed by atoms with Crippen molar-refractivity contribution in [3.8, 4) is 5.75 Å². The van der Waals surface area contributed by atoms with Gasteiger partial charge in [-0.3, -0.25) is 10.1 Å². The molecule has 0 fully saturated rings. The number of hydrogen-bond acceptors (Lipinski definition) is 5. The minimum atomic E-state index is -1.19. The number of carbonyl (C=O) groups is 1. The molecule has 1 aromatic rings. The summed E-state index contributed by atoms with van der Waals surface area (Å²) >= 11 is 0. The maximum atomic E-state index is 10.7. The Bertz CT molecular complexity index is 444. The van der Waals surface area contributed by atoms with Crippen LogP contribution in [0.5, 0.6) is 5.75 Å². The van der Waals surface area contributed by atoms with Crippen molar-refractivity contribution >= 4 is 11.7 Å². The van der Waals surface area contributed by atoms with E-state index in [1.165, 1.54) is 14.0 Å². The molecule has 0 saturated heterocycles. The lowest BCUT2D eigenvalue weighted by Crippen LogP contribution is -2.15. The van der Waals surface area contributed by atoms with E-state index >= 15 is 0 Å². The van der Waals surface area contributed by atoms with Crippen LogP contribution in [-0.2, 0) is 4.74 Å². The molecule has 0 aliphatic carbocycles. The van der Waals surface area contributed by atoms with Gasteiger partial charge in [0, 0.05) is 19.2 Å². The van der Waals surface area contributed by atoms with Crippen molar-refractivity contribution in [2.24, 2.45) is 0 Å². The number of rotatable bonds is 5. The van der Waals surface area contributed by atoms with Crippen molar-refractivity contribution in [3.63, 3.8) is 0 Å². The lowest BCUT2D eigenvalue weighted by molar-refractivity contribution is -0.386. The molecule has 1 aromatic carbocycles. The highest BCUT2D eigenvalue weighted by atomic mass is 16.7. The monoisotopic (exact) mass is 241 g/mol. The summed E-state index contributed by atoms with van der Waals surface area (Å²) in [5, 5.41) is 19.5. The molecule has 0 bridgehead atoms. The van der Waals surface area contributed by atoms with Crippen LogP contribution >= 0.6 is 0 Å². The Morgan fingerprint density at radius 2 is 2.18 bits per heavy atom. The zero-order valence-corrected chi connectivity index (χ0v) is 9.25. The average Bonchev–Trinajstić information content (AvgIpc) is 2.28. The molecule has 0 aromatic heterocycles. The number of nitrogens with zero attached hydrogens (tertiary/aromatic N) is 1. The van der Waals surface area contributed by atoms with Gasteiger partial charge < -0.3 is 14.6 Å². The van der Waals surface area contributed by atoms with Crippen LogP contribution in [0, 0.1) is 10.1 Å². The first-order chi connectivity index (χ1) is 7.95. The zero-order valence-electron chi connectivity index (χ0n) is 9.25. The number of hydrogen-bond donors (Lipinski definition) is 1. The number of methoxy groups -OCH3 is 1. The van der Waals surface area contributed by atoms with Gasteiger partial charge in [0.15, 0.2) is 6.29 Å². The highest BCUT2D eigenvalue weighted by Gasteiger charge is 2.19. The molecule has 0 aliphatic heterocycles. The van der Waals surface area contributed by atoms with Crippen molar-refractivity contribution in [1.82, 2.24) is 0 Å². The summed E-state index contributed by atoms with van der Waals surface area (Å²) in [6.07, 6.45) is -0.710. The molecular formula is C10H11NO6. The molecule has 1 rings (SSSR count). The van der Waals surface area contributed by atoms with Crippen LogP contribution in [0.15, 0.2) is 18.2 Å². The second-order valence-electron chi connectivity index (χ2n) is 3.17. The van der Waals surface area contributed by atoms with Gasteiger partial charge in [0.1, 0.15) is 0 Å². The molecule has 1 unspecified atom stereocenters. The number of carboxylic acid groups (broad SMARTS) is 1. The van der Waals surface area contributed by atoms with Crippen molar-refractivity contribution in [2.45, 2.75) is 13.2 Å². The molecule has 0 amide bonds. The molecule has 17 heavy (non-hydrogen) atoms. The molecule has 0 radical (unpaired) electrons. The van der Waals surface area contributed by atoms with Gasteiger partial charge in [0.25, 0.3) is 0 Å². The number of aromatic carboxylic acids is 1. The Morgan fingerprint density at radius 1 is 1.53 bits per heavy atom. The van der Waals surface area contributed by atoms with E-state index in [1.807, 2.05) is 0 Å². The van der Waals surface area contributed by atoms with Gasteiger partial charge in [-0.15, -0.1) is 0 Å². The first-order valence-corrected chi connectivity index (χ1v) is 4.67. The van der Waals surface area contributed by atoms with E-state index in [2.05, 4.69) is 0 Å². The summed E-state index contributed by atoms with van der Waals surface area (Å²) in [4.78, 5) is 20.8. The second-order valence-corrected chi connectivity index (χ2v) is 3.17. The Labute approximate surface area is 96.7 Å². The molecule has 7 heteroatoms. The van der Waals surface area contributed by atoms with Gasteiger partial charge in [0.05, 0.1) is 10.5 Å². The lowest BCUT2D eigenvalue weighted by Gasteiger charge is -2.12. The van der Waals surface area contributed by atoms with Crippen LogP contribution in [0.3, 0.4) is 0 Å². The van der Waals surface area contributed by atoms with E-state index < -0.39 is 17.2 Å². The molecule has 0 saturated carbocycles. The van der Waals surface area contributed by atoms with E-state index in [9.17, 15) is 14.9 Å². The summed E-state index contributed by atoms with van der Waals surface area (Å²) in [5.74, 6) is -1.32. The topological polar surface area (TPSA) is 98.9 Å². The van der Waals surface area contributed by atoms with Crippen LogP contribution in [0.2, 0.25) is 0 Å². The Balaban J connectivity index is 3.15. The van der Waals surface area contributed by atoms with E-state index in [1.54, 1.807) is 0 Å². The van der Waals surface area contributed by atoms with Gasteiger partial charge in [-0.25, -0.2) is 4.79 Å². The van der Waals surface area contributed by atoms with Crippen LogP contribution in [0.4, 0.5) is 5.69 Å². The highest BCUT2D eigenvalue weighted by Crippen LogP contribution is 2.28. The summed E-state index contributed by atoms with van der Waals surface area (Å²) in [5.41, 5.74) is -0.396. The van der Waals surface area contributed by atoms with Gasteiger partial charge in [-0.2, -0.15) is 0 Å². The van der Waals surface area contributed by atoms with Crippen LogP contribution < -0.4 is 4.74 Å². The van der Waals surface area contributed by atoms with Crippen molar-refractivity contribution in [3.05, 3.63) is 33.9 Å². The van der Waals surface area contributed by atoms with E-state index in [0.717, 1.165) is 18.2 Å². The summed E-state index contributed by atoms with van der Waals surface area (Å²) in [6.45, 7) is 1.54. The summed E-state index contributed by atoms with van der Waals surface area (Å²) < 4.78 is 9.92. The Morgan fingerprint density at radius 3 is 2.65 bits per heavy atom. The van der Waals surface area contributed by atoms with E-state index in [0.29, 0.717) is 0 Å². The van der Waals surface area contributed by atoms with E-state index in [-0.39, 0.29) is 17.0 Å². The first kappa shape index (κ1) is 12.9. The number of benzene rings is 1. The first-order valence-electron chi connectivity index (χ1n) is 4.67. The molecule has 0 aliphatic rings. The molecule has 1 N–H and O–H groups in total. The molecule has 92 valence electrons. The van der Waals surface area contributed by atoms with E-state index in [4.69, 9.17) is 14.6 Å². The van der Waals surface area contributed by atoms with Crippen LogP contribution in [0.1, 0.15) is 17.3 Å². The van der Waals surface area contributed by atoms with Crippen molar-refractivity contribution in [2.75, 3.05) is 7.11 Å². The third kappa shape index (κ3) is 3.15. The fourth-order valence-corrected chi connectivity index (χ4v) is 1.12. The molecule has 0 heterocycles. The van der Waals surface area contributed by atoms with Gasteiger partial charge in [0.2, 0.25) is 5.75 Å². The fraction of sp³-hybridized carbons (Fsp3) is 0.300. The normalized spacial score (nSPS) is 11.9. The van der Waals surface area contributed by atoms with Crippen molar-refractivity contribution in [1.29, 1.82) is 0 Å². The van der Waals surface area contributed by atoms with Gasteiger partial charge in [-0.05, 0) is 13.0 Å². The van der Waals surface area contributed by atoms with Crippen LogP contribution in [0.25, 0.3) is 0 Å². The predicted octanol–water partition coefficient (Wildman–Crippen LogP) is 1.66. The largest absolute Gasteiger partial charge is 0.478 e. The average molecular weight is 241 g/mol. The van der Waals surface area contributed by atoms with Crippen LogP contribution in [-0.4, -0.2) is 29.4 Å².